The van der Waals surface area contributed by atoms with Crippen molar-refractivity contribution in [3.05, 3.63) is 5.84 Å². The average molecular weight is 120 g/mol. The van der Waals surface area contributed by atoms with E-state index in [-0.39, 0.29) is 24.3 Å². The summed E-state index contributed by atoms with van der Waals surface area (Å²) in [6.07, 6.45) is 0. The van der Waals surface area contributed by atoms with E-state index >= 15 is 0 Å². The molecule has 48 valence electrons. The van der Waals surface area contributed by atoms with E-state index in [1.807, 2.05) is 27.7 Å². The van der Waals surface area contributed by atoms with Crippen LogP contribution in [0.15, 0.2) is 5.10 Å². The van der Waals surface area contributed by atoms with Crippen LogP contribution >= 0.6 is 0 Å². The molecule has 0 rings (SSSR count). The summed E-state index contributed by atoms with van der Waals surface area (Å²) in [5, 5.41) is 3.33. The fraction of sp³-hybridized carbons (Fsp3) is 0.833. The first-order valence-corrected chi connectivity index (χ1v) is 2.70. The second kappa shape index (κ2) is 3.98. The summed E-state index contributed by atoms with van der Waals surface area (Å²) in [7, 11) is 0. The predicted molar refractivity (Wildman–Crippen MR) is 36.9 cm³/mol. The number of nitrogens with zero attached hydrogens (tertiary/aromatic N) is 1. The molecule has 0 unspecified atom stereocenters. The third-order valence-corrected chi connectivity index (χ3v) is 1.25. The Bertz CT molecular complexity index is 102. The Morgan fingerprint density at radius 3 is 1.67 bits per heavy atom. The first-order valence-electron chi connectivity index (χ1n) is 2.70. The normalized spacial score (nSPS) is 12.7. The van der Waals surface area contributed by atoms with Gasteiger partial charge in [-0.3, -0.25) is 0 Å². The van der Waals surface area contributed by atoms with Crippen molar-refractivity contribution >= 4 is 5.71 Å². The second-order valence-corrected chi connectivity index (χ2v) is 2.95. The summed E-state index contributed by atoms with van der Waals surface area (Å²) in [5.74, 6) is 6.65. The summed E-state index contributed by atoms with van der Waals surface area (Å²) >= 11 is 0. The van der Waals surface area contributed by atoms with E-state index in [0.29, 0.717) is 0 Å². The van der Waals surface area contributed by atoms with E-state index in [0.717, 1.165) is 5.71 Å². The number of nitrogens with one attached hydrogen (secondary N) is 1. The van der Waals surface area contributed by atoms with Gasteiger partial charge in [-0.2, -0.15) is 0 Å². The maximum absolute atomic E-state index is 6.65. The molecule has 0 atom stereocenters. The van der Waals surface area contributed by atoms with Crippen molar-refractivity contribution in [3.8, 4) is 0 Å². The van der Waals surface area contributed by atoms with Crippen molar-refractivity contribution in [1.29, 1.82) is 0 Å². The van der Waals surface area contributed by atoms with Crippen LogP contribution in [0.25, 0.3) is 5.84 Å². The van der Waals surface area contributed by atoms with Crippen molar-refractivity contribution in [3.63, 3.8) is 0 Å². The molecule has 2 nitrogen and oxygen atoms in total. The van der Waals surface area contributed by atoms with Crippen LogP contribution in [0, 0.1) is 5.41 Å². The van der Waals surface area contributed by atoms with Crippen LogP contribution < -0.4 is 18.9 Å². The van der Waals surface area contributed by atoms with Crippen molar-refractivity contribution in [1.82, 2.24) is 0 Å². The van der Waals surface area contributed by atoms with Gasteiger partial charge in [0.05, 0.1) is 0 Å². The summed E-state index contributed by atoms with van der Waals surface area (Å²) in [5.41, 5.74) is 0.944. The topological polar surface area (TPSA) is 36.2 Å². The van der Waals surface area contributed by atoms with Crippen molar-refractivity contribution in [2.45, 2.75) is 27.7 Å². The van der Waals surface area contributed by atoms with Gasteiger partial charge in [-0.1, -0.05) is 20.8 Å². The molecule has 0 heterocycles. The van der Waals surface area contributed by atoms with E-state index in [1.165, 1.54) is 0 Å². The number of hydrogen-bond acceptors (Lipinski definition) is 1. The molecule has 1 N–H and O–H groups in total. The second-order valence-electron chi connectivity index (χ2n) is 2.95. The van der Waals surface area contributed by atoms with Crippen molar-refractivity contribution < 1.29 is 18.9 Å². The molecule has 0 aliphatic carbocycles. The molecule has 9 heavy (non-hydrogen) atoms. The number of hydrogen-bond donors (Lipinski definition) is 0. The van der Waals surface area contributed by atoms with Crippen LogP contribution in [0.4, 0.5) is 0 Å². The van der Waals surface area contributed by atoms with Crippen LogP contribution in [0.1, 0.15) is 27.7 Å². The SMILES string of the molecule is C/C(=N\[NH-])C(C)(C)C.[Li+]. The Labute approximate surface area is 69.1 Å². The molecule has 3 heteroatoms. The fourth-order valence-electron chi connectivity index (χ4n) is 0.168. The van der Waals surface area contributed by atoms with Crippen molar-refractivity contribution in [2.75, 3.05) is 0 Å². The molecule has 0 spiro atoms. The Morgan fingerprint density at radius 1 is 1.33 bits per heavy atom. The van der Waals surface area contributed by atoms with Gasteiger partial charge in [-0.05, 0) is 18.1 Å². The molecule has 0 aliphatic rings. The zero-order valence-corrected chi connectivity index (χ0v) is 6.95. The fourth-order valence-corrected chi connectivity index (χ4v) is 0.168. The minimum Gasteiger partial charge on any atom is -0.617 e. The van der Waals surface area contributed by atoms with Crippen LogP contribution in [0.3, 0.4) is 0 Å². The molecule has 0 aromatic carbocycles. The quantitative estimate of drug-likeness (QED) is 0.234. The molecule has 0 aliphatic heterocycles. The van der Waals surface area contributed by atoms with Gasteiger partial charge in [0.25, 0.3) is 0 Å². The molecule has 0 saturated carbocycles. The van der Waals surface area contributed by atoms with Crippen molar-refractivity contribution in [2.24, 2.45) is 10.5 Å². The van der Waals surface area contributed by atoms with Gasteiger partial charge in [0.1, 0.15) is 0 Å². The zero-order valence-electron chi connectivity index (χ0n) is 6.95. The third kappa shape index (κ3) is 4.56. The monoisotopic (exact) mass is 120 g/mol. The average Bonchev–Trinajstić information content (AvgIpc) is 1.62. The number of rotatable bonds is 0. The van der Waals surface area contributed by atoms with Crippen LogP contribution in [-0.2, 0) is 0 Å². The van der Waals surface area contributed by atoms with Crippen LogP contribution in [-0.4, -0.2) is 5.71 Å². The smallest absolute Gasteiger partial charge is 0.617 e. The van der Waals surface area contributed by atoms with Gasteiger partial charge >= 0.3 is 18.9 Å². The zero-order chi connectivity index (χ0) is 6.78. The Hall–Kier alpha value is 0.0674. The predicted octanol–water partition coefficient (Wildman–Crippen LogP) is -0.535. The Balaban J connectivity index is 0. The summed E-state index contributed by atoms with van der Waals surface area (Å²) in [4.78, 5) is 0. The van der Waals surface area contributed by atoms with Gasteiger partial charge in [0.15, 0.2) is 0 Å². The Kier molecular flexibility index (Phi) is 5.22. The Morgan fingerprint density at radius 2 is 1.67 bits per heavy atom. The van der Waals surface area contributed by atoms with E-state index in [1.54, 1.807) is 0 Å². The standard InChI is InChI=1S/C6H13N2.Li/c1-5(8-7)6(2,3)4;/h7H,1-4H3;/q-1;+1/b8-5+;. The van der Waals surface area contributed by atoms with E-state index in [4.69, 9.17) is 5.84 Å². The third-order valence-electron chi connectivity index (χ3n) is 1.25. The van der Waals surface area contributed by atoms with Crippen LogP contribution in [0.2, 0.25) is 0 Å². The summed E-state index contributed by atoms with van der Waals surface area (Å²) < 4.78 is 0. The minimum absolute atomic E-state index is 0. The first kappa shape index (κ1) is 11.8. The summed E-state index contributed by atoms with van der Waals surface area (Å²) in [6, 6.07) is 0. The van der Waals surface area contributed by atoms with Crippen LogP contribution in [0.5, 0.6) is 0 Å². The molecular weight excluding hydrogens is 107 g/mol. The molecule has 0 amide bonds. The molecule has 0 aromatic rings. The van der Waals surface area contributed by atoms with E-state index < -0.39 is 0 Å². The van der Waals surface area contributed by atoms with Gasteiger partial charge < -0.3 is 10.9 Å². The summed E-state index contributed by atoms with van der Waals surface area (Å²) in [6.45, 7) is 7.99. The van der Waals surface area contributed by atoms with Gasteiger partial charge in [0, 0.05) is 0 Å². The molecule has 0 fully saturated rings. The van der Waals surface area contributed by atoms with E-state index in [9.17, 15) is 0 Å². The maximum atomic E-state index is 6.65. The molecule has 0 aromatic heterocycles. The maximum Gasteiger partial charge on any atom is 1.00 e. The molecule has 0 radical (unpaired) electrons. The van der Waals surface area contributed by atoms with E-state index in [2.05, 4.69) is 5.10 Å². The van der Waals surface area contributed by atoms with Gasteiger partial charge in [0.2, 0.25) is 0 Å². The molecule has 0 bridgehead atoms. The minimum atomic E-state index is 0. The molecule has 0 saturated heterocycles. The first-order chi connectivity index (χ1) is 3.48. The molecular formula is C6H13LiN2. The van der Waals surface area contributed by atoms with Gasteiger partial charge in [-0.25, -0.2) is 0 Å². The largest absolute Gasteiger partial charge is 1.00 e. The van der Waals surface area contributed by atoms with Gasteiger partial charge in [-0.15, -0.1) is 0 Å².